The van der Waals surface area contributed by atoms with E-state index in [1.54, 1.807) is 0 Å². The van der Waals surface area contributed by atoms with Crippen molar-refractivity contribution in [1.82, 2.24) is 14.5 Å². The van der Waals surface area contributed by atoms with E-state index in [1.165, 1.54) is 0 Å². The normalized spacial score (nSPS) is 28.7. The summed E-state index contributed by atoms with van der Waals surface area (Å²) < 4.78 is 7.81. The van der Waals surface area contributed by atoms with E-state index in [0.29, 0.717) is 18.8 Å². The van der Waals surface area contributed by atoms with Crippen molar-refractivity contribution >= 4 is 11.9 Å². The molecule has 0 radical (unpaired) electrons. The Morgan fingerprint density at radius 2 is 2.30 bits per heavy atom. The van der Waals surface area contributed by atoms with Gasteiger partial charge < -0.3 is 19.5 Å². The van der Waals surface area contributed by atoms with E-state index in [-0.39, 0.29) is 18.1 Å². The van der Waals surface area contributed by atoms with Gasteiger partial charge in [0.1, 0.15) is 5.69 Å². The van der Waals surface area contributed by atoms with E-state index in [1.807, 2.05) is 15.7 Å². The van der Waals surface area contributed by atoms with Crippen molar-refractivity contribution in [3.63, 3.8) is 0 Å². The standard InChI is InChI=1S/C14H20N4O2/c19-13(10-9-17-6-2-5-15-14(17)16-10)18-7-8-20-12-4-1-3-11(12)18/h9,11-12H,1-8H2,(H,15,16). The van der Waals surface area contributed by atoms with Gasteiger partial charge in [-0.1, -0.05) is 0 Å². The van der Waals surface area contributed by atoms with Gasteiger partial charge in [-0.25, -0.2) is 4.98 Å². The zero-order chi connectivity index (χ0) is 13.5. The molecule has 1 aromatic heterocycles. The molecule has 1 N–H and O–H groups in total. The summed E-state index contributed by atoms with van der Waals surface area (Å²) in [5.41, 5.74) is 0.571. The van der Waals surface area contributed by atoms with Crippen molar-refractivity contribution in [2.24, 2.45) is 0 Å². The molecule has 2 unspecified atom stereocenters. The summed E-state index contributed by atoms with van der Waals surface area (Å²) in [4.78, 5) is 19.2. The van der Waals surface area contributed by atoms with E-state index in [0.717, 1.165) is 44.7 Å². The summed E-state index contributed by atoms with van der Waals surface area (Å²) in [6.45, 7) is 3.22. The highest BCUT2D eigenvalue weighted by molar-refractivity contribution is 5.93. The Bertz CT molecular complexity index is 504. The minimum absolute atomic E-state index is 0.0638. The number of imidazole rings is 1. The number of aromatic nitrogens is 2. The second kappa shape index (κ2) is 4.77. The maximum absolute atomic E-state index is 12.7. The lowest BCUT2D eigenvalue weighted by molar-refractivity contribution is -0.0447. The van der Waals surface area contributed by atoms with Crippen molar-refractivity contribution in [2.45, 2.75) is 44.4 Å². The quantitative estimate of drug-likeness (QED) is 0.834. The van der Waals surface area contributed by atoms with Crippen molar-refractivity contribution in [3.05, 3.63) is 11.9 Å². The highest BCUT2D eigenvalue weighted by atomic mass is 16.5. The molecule has 108 valence electrons. The number of morpholine rings is 1. The monoisotopic (exact) mass is 276 g/mol. The first kappa shape index (κ1) is 12.2. The van der Waals surface area contributed by atoms with Crippen molar-refractivity contribution in [2.75, 3.05) is 25.0 Å². The minimum Gasteiger partial charge on any atom is -0.374 e. The molecule has 1 saturated carbocycles. The number of ether oxygens (including phenoxy) is 1. The molecule has 6 heteroatoms. The summed E-state index contributed by atoms with van der Waals surface area (Å²) in [6, 6.07) is 0.253. The number of fused-ring (bicyclic) bond motifs is 2. The van der Waals surface area contributed by atoms with Crippen molar-refractivity contribution < 1.29 is 9.53 Å². The number of nitrogens with one attached hydrogen (secondary N) is 1. The predicted octanol–water partition coefficient (Wildman–Crippen LogP) is 1.09. The van der Waals surface area contributed by atoms with E-state index >= 15 is 0 Å². The van der Waals surface area contributed by atoms with Crippen LogP contribution in [0.2, 0.25) is 0 Å². The van der Waals surface area contributed by atoms with Crippen LogP contribution in [0, 0.1) is 0 Å². The molecule has 2 fully saturated rings. The highest BCUT2D eigenvalue weighted by Gasteiger charge is 2.39. The fourth-order valence-electron chi connectivity index (χ4n) is 3.61. The van der Waals surface area contributed by atoms with Gasteiger partial charge in [-0.05, 0) is 25.7 Å². The van der Waals surface area contributed by atoms with Crippen LogP contribution in [0.1, 0.15) is 36.2 Å². The maximum Gasteiger partial charge on any atom is 0.274 e. The molecule has 1 amide bonds. The topological polar surface area (TPSA) is 59.4 Å². The van der Waals surface area contributed by atoms with Crippen LogP contribution in [0.15, 0.2) is 6.20 Å². The lowest BCUT2D eigenvalue weighted by Gasteiger charge is -2.37. The zero-order valence-corrected chi connectivity index (χ0v) is 11.5. The molecule has 1 aliphatic carbocycles. The number of rotatable bonds is 1. The Morgan fingerprint density at radius 3 is 3.20 bits per heavy atom. The number of aryl methyl sites for hydroxylation is 1. The smallest absolute Gasteiger partial charge is 0.274 e. The van der Waals surface area contributed by atoms with Gasteiger partial charge in [0.25, 0.3) is 5.91 Å². The SMILES string of the molecule is O=C(c1cn2c(n1)NCCC2)N1CCOC2CCCC21. The first-order valence-electron chi connectivity index (χ1n) is 7.56. The fraction of sp³-hybridized carbons (Fsp3) is 0.714. The molecule has 1 saturated heterocycles. The molecule has 2 atom stereocenters. The van der Waals surface area contributed by atoms with Crippen LogP contribution >= 0.6 is 0 Å². The van der Waals surface area contributed by atoms with E-state index in [4.69, 9.17) is 4.74 Å². The maximum atomic E-state index is 12.7. The van der Waals surface area contributed by atoms with Crippen molar-refractivity contribution in [3.8, 4) is 0 Å². The summed E-state index contributed by atoms with van der Waals surface area (Å²) in [7, 11) is 0. The summed E-state index contributed by atoms with van der Waals surface area (Å²) in [5.74, 6) is 0.893. The van der Waals surface area contributed by atoms with Gasteiger partial charge in [-0.3, -0.25) is 4.79 Å². The van der Waals surface area contributed by atoms with Gasteiger partial charge in [-0.2, -0.15) is 0 Å². The number of hydrogen-bond acceptors (Lipinski definition) is 4. The third-order valence-corrected chi connectivity index (χ3v) is 4.60. The Labute approximate surface area is 118 Å². The predicted molar refractivity (Wildman–Crippen MR) is 73.7 cm³/mol. The molecule has 4 rings (SSSR count). The van der Waals surface area contributed by atoms with Crippen LogP contribution in [-0.4, -0.2) is 52.2 Å². The van der Waals surface area contributed by atoms with Crippen molar-refractivity contribution in [1.29, 1.82) is 0 Å². The fourth-order valence-corrected chi connectivity index (χ4v) is 3.61. The third kappa shape index (κ3) is 1.90. The van der Waals surface area contributed by atoms with Gasteiger partial charge in [0, 0.05) is 25.8 Å². The van der Waals surface area contributed by atoms with Crippen LogP contribution in [0.4, 0.5) is 5.95 Å². The largest absolute Gasteiger partial charge is 0.374 e. The second-order valence-electron chi connectivity index (χ2n) is 5.83. The molecule has 3 heterocycles. The van der Waals surface area contributed by atoms with E-state index in [2.05, 4.69) is 10.3 Å². The van der Waals surface area contributed by atoms with Gasteiger partial charge in [0.15, 0.2) is 0 Å². The Kier molecular flexibility index (Phi) is 2.91. The zero-order valence-electron chi connectivity index (χ0n) is 11.5. The second-order valence-corrected chi connectivity index (χ2v) is 5.83. The minimum atomic E-state index is 0.0638. The Balaban J connectivity index is 1.58. The molecular weight excluding hydrogens is 256 g/mol. The first-order chi connectivity index (χ1) is 9.83. The number of carbonyl (C=O) groups excluding carboxylic acids is 1. The van der Waals surface area contributed by atoms with Crippen LogP contribution < -0.4 is 5.32 Å². The molecule has 0 aromatic carbocycles. The average Bonchev–Trinajstić information content (AvgIpc) is 3.12. The summed E-state index contributed by atoms with van der Waals surface area (Å²) in [5, 5.41) is 3.24. The number of carbonyl (C=O) groups is 1. The van der Waals surface area contributed by atoms with Gasteiger partial charge in [0.2, 0.25) is 5.95 Å². The van der Waals surface area contributed by atoms with Crippen LogP contribution in [0.3, 0.4) is 0 Å². The van der Waals surface area contributed by atoms with Crippen LogP contribution in [-0.2, 0) is 11.3 Å². The average molecular weight is 276 g/mol. The molecule has 0 bridgehead atoms. The van der Waals surface area contributed by atoms with E-state index < -0.39 is 0 Å². The molecule has 1 aromatic rings. The molecule has 2 aliphatic heterocycles. The van der Waals surface area contributed by atoms with Gasteiger partial charge in [0.05, 0.1) is 18.8 Å². The molecule has 20 heavy (non-hydrogen) atoms. The Morgan fingerprint density at radius 1 is 1.35 bits per heavy atom. The highest BCUT2D eigenvalue weighted by Crippen LogP contribution is 2.30. The number of anilines is 1. The van der Waals surface area contributed by atoms with E-state index in [9.17, 15) is 4.79 Å². The number of amides is 1. The molecule has 0 spiro atoms. The van der Waals surface area contributed by atoms with Crippen LogP contribution in [0.5, 0.6) is 0 Å². The van der Waals surface area contributed by atoms with Gasteiger partial charge >= 0.3 is 0 Å². The summed E-state index contributed by atoms with van der Waals surface area (Å²) >= 11 is 0. The Hall–Kier alpha value is -1.56. The molecule has 6 nitrogen and oxygen atoms in total. The van der Waals surface area contributed by atoms with Gasteiger partial charge in [-0.15, -0.1) is 0 Å². The number of hydrogen-bond donors (Lipinski definition) is 1. The number of nitrogens with zero attached hydrogens (tertiary/aromatic N) is 3. The summed E-state index contributed by atoms with van der Waals surface area (Å²) in [6.07, 6.45) is 6.50. The van der Waals surface area contributed by atoms with Crippen LogP contribution in [0.25, 0.3) is 0 Å². The molecule has 3 aliphatic rings. The molecular formula is C14H20N4O2. The first-order valence-corrected chi connectivity index (χ1v) is 7.56. The third-order valence-electron chi connectivity index (χ3n) is 4.60. The lowest BCUT2D eigenvalue weighted by atomic mass is 10.1. The lowest BCUT2D eigenvalue weighted by Crippen LogP contribution is -2.51.